The summed E-state index contributed by atoms with van der Waals surface area (Å²) in [6.45, 7) is 11.4. The van der Waals surface area contributed by atoms with Crippen LogP contribution in [0.15, 0.2) is 24.3 Å². The van der Waals surface area contributed by atoms with Gasteiger partial charge >= 0.3 is 5.97 Å². The number of ether oxygens (including phenoxy) is 1. The molecule has 0 spiro atoms. The topological polar surface area (TPSA) is 239 Å². The van der Waals surface area contributed by atoms with Gasteiger partial charge in [0.2, 0.25) is 23.6 Å². The second-order valence-corrected chi connectivity index (χ2v) is 15.7. The van der Waals surface area contributed by atoms with E-state index in [4.69, 9.17) is 4.74 Å². The Hall–Kier alpha value is -4.32. The normalized spacial score (nSPS) is 33.5. The number of nitrogens with zero attached hydrogens (tertiary/aromatic N) is 2. The summed E-state index contributed by atoms with van der Waals surface area (Å²) in [6, 6.07) is -0.148. The summed E-state index contributed by atoms with van der Waals surface area (Å²) in [6.07, 6.45) is -5.59. The van der Waals surface area contributed by atoms with E-state index in [1.165, 1.54) is 6.92 Å². The molecular formula is C36H53N7O10. The van der Waals surface area contributed by atoms with Crippen molar-refractivity contribution in [3.05, 3.63) is 29.8 Å². The predicted octanol–water partition coefficient (Wildman–Crippen LogP) is -1.19. The molecule has 53 heavy (non-hydrogen) atoms. The molecule has 3 saturated heterocycles. The van der Waals surface area contributed by atoms with Crippen LogP contribution in [0.2, 0.25) is 0 Å². The molecule has 4 aliphatic rings. The smallest absolute Gasteiger partial charge is 0.329 e. The fourth-order valence-corrected chi connectivity index (χ4v) is 7.54. The van der Waals surface area contributed by atoms with Gasteiger partial charge < -0.3 is 46.2 Å². The molecule has 4 aliphatic heterocycles. The van der Waals surface area contributed by atoms with Gasteiger partial charge in [-0.25, -0.2) is 10.2 Å². The van der Waals surface area contributed by atoms with Crippen molar-refractivity contribution in [1.82, 2.24) is 31.3 Å². The summed E-state index contributed by atoms with van der Waals surface area (Å²) in [5.74, 6) is -6.35. The molecule has 292 valence electrons. The number of para-hydroxylation sites is 1. The maximum atomic E-state index is 14.6. The highest BCUT2D eigenvalue weighted by atomic mass is 16.6. The highest BCUT2D eigenvalue weighted by Crippen LogP contribution is 2.49. The number of nitrogens with one attached hydrogen (secondary N) is 5. The first-order chi connectivity index (χ1) is 24.8. The number of anilines is 1. The van der Waals surface area contributed by atoms with Gasteiger partial charge in [-0.2, -0.15) is 0 Å². The number of rotatable bonds is 5. The van der Waals surface area contributed by atoms with Crippen LogP contribution in [0.25, 0.3) is 0 Å². The minimum absolute atomic E-state index is 0.0857. The first kappa shape index (κ1) is 39.9. The molecule has 0 saturated carbocycles. The summed E-state index contributed by atoms with van der Waals surface area (Å²) >= 11 is 0. The van der Waals surface area contributed by atoms with Crippen LogP contribution in [0.5, 0.6) is 0 Å². The van der Waals surface area contributed by atoms with E-state index in [1.807, 2.05) is 13.8 Å². The summed E-state index contributed by atoms with van der Waals surface area (Å²) < 4.78 is 5.80. The van der Waals surface area contributed by atoms with Gasteiger partial charge in [-0.1, -0.05) is 59.7 Å². The highest BCUT2D eigenvalue weighted by molar-refractivity contribution is 5.98. The van der Waals surface area contributed by atoms with Crippen molar-refractivity contribution in [1.29, 1.82) is 0 Å². The molecule has 0 aromatic heterocycles. The van der Waals surface area contributed by atoms with Gasteiger partial charge in [-0.05, 0) is 37.2 Å². The number of aliphatic hydroxyl groups is 3. The zero-order valence-corrected chi connectivity index (χ0v) is 31.2. The fraction of sp³-hybridized carbons (Fsp3) is 0.667. The molecule has 5 rings (SSSR count). The van der Waals surface area contributed by atoms with Gasteiger partial charge in [0.25, 0.3) is 5.91 Å². The number of hydrogen-bond acceptors (Lipinski definition) is 12. The van der Waals surface area contributed by atoms with E-state index in [-0.39, 0.29) is 31.7 Å². The molecule has 10 atom stereocenters. The van der Waals surface area contributed by atoms with E-state index in [1.54, 1.807) is 52.0 Å². The summed E-state index contributed by atoms with van der Waals surface area (Å²) in [4.78, 5) is 85.8. The van der Waals surface area contributed by atoms with Crippen LogP contribution in [0.4, 0.5) is 5.69 Å². The maximum Gasteiger partial charge on any atom is 0.329 e. The van der Waals surface area contributed by atoms with Crippen molar-refractivity contribution < 1.29 is 48.8 Å². The van der Waals surface area contributed by atoms with Crippen molar-refractivity contribution >= 4 is 41.2 Å². The third kappa shape index (κ3) is 7.84. The highest BCUT2D eigenvalue weighted by Gasteiger charge is 2.61. The average Bonchev–Trinajstić information content (AvgIpc) is 3.54. The molecular weight excluding hydrogens is 690 g/mol. The monoisotopic (exact) mass is 743 g/mol. The summed E-state index contributed by atoms with van der Waals surface area (Å²) in [7, 11) is 0. The zero-order chi connectivity index (χ0) is 39.1. The van der Waals surface area contributed by atoms with Crippen LogP contribution >= 0.6 is 0 Å². The molecule has 17 heteroatoms. The van der Waals surface area contributed by atoms with Gasteiger partial charge in [-0.3, -0.25) is 29.0 Å². The van der Waals surface area contributed by atoms with Crippen molar-refractivity contribution in [2.45, 2.75) is 128 Å². The van der Waals surface area contributed by atoms with Gasteiger partial charge in [0, 0.05) is 30.6 Å². The first-order valence-electron chi connectivity index (χ1n) is 18.3. The van der Waals surface area contributed by atoms with Crippen LogP contribution in [0, 0.1) is 17.8 Å². The van der Waals surface area contributed by atoms with Gasteiger partial charge in [0.1, 0.15) is 42.0 Å². The van der Waals surface area contributed by atoms with Crippen LogP contribution in [-0.4, -0.2) is 122 Å². The van der Waals surface area contributed by atoms with Crippen LogP contribution in [0.1, 0.15) is 73.3 Å². The Morgan fingerprint density at radius 3 is 2.09 bits per heavy atom. The van der Waals surface area contributed by atoms with Crippen molar-refractivity contribution in [2.24, 2.45) is 17.8 Å². The molecule has 5 amide bonds. The van der Waals surface area contributed by atoms with E-state index < -0.39 is 108 Å². The van der Waals surface area contributed by atoms with Crippen LogP contribution < -0.4 is 26.7 Å². The Labute approximate surface area is 308 Å². The first-order valence-corrected chi connectivity index (χ1v) is 18.3. The molecule has 0 unspecified atom stereocenters. The second kappa shape index (κ2) is 15.6. The quantitative estimate of drug-likeness (QED) is 0.166. The molecule has 0 bridgehead atoms. The minimum Gasteiger partial charge on any atom is -0.450 e. The lowest BCUT2D eigenvalue weighted by atomic mass is 9.91. The number of esters is 1. The number of cyclic esters (lactones) is 1. The maximum absolute atomic E-state index is 14.6. The lowest BCUT2D eigenvalue weighted by molar-refractivity contribution is -0.172. The fourth-order valence-electron chi connectivity index (χ4n) is 7.54. The predicted molar refractivity (Wildman–Crippen MR) is 189 cm³/mol. The number of β-amino-alcohol motifs (C(OH)–C–C–N with tert-alkyl or cyclic N) is 1. The van der Waals surface area contributed by atoms with Crippen molar-refractivity contribution in [3.63, 3.8) is 0 Å². The van der Waals surface area contributed by atoms with E-state index in [9.17, 15) is 44.1 Å². The SMILES string of the molecule is CC(C)C[C@@H]1NC(=O)[C@H]2C[C@@H](O)CNN2C(=O)[C@H](C(C)C)OC(=O)[C@@H](C(C)C)NC(=O)[C@@H]2C[C@@]3(O)c4ccccc4N[C@H]3N2C(=O)[C@@H]([C@H](C)O)NC1=O. The second-order valence-electron chi connectivity index (χ2n) is 15.7. The molecule has 1 aromatic carbocycles. The number of carbonyl (C=O) groups excluding carboxylic acids is 6. The Bertz CT molecular complexity index is 1600. The Morgan fingerprint density at radius 1 is 0.830 bits per heavy atom. The minimum atomic E-state index is -1.78. The number of benzene rings is 1. The number of amides is 5. The van der Waals surface area contributed by atoms with Crippen molar-refractivity contribution in [2.75, 3.05) is 11.9 Å². The molecule has 3 fully saturated rings. The van der Waals surface area contributed by atoms with Crippen LogP contribution in [-0.2, 0) is 39.1 Å². The molecule has 0 radical (unpaired) electrons. The number of hydrogen-bond donors (Lipinski definition) is 8. The van der Waals surface area contributed by atoms with Gasteiger partial charge in [0.05, 0.1) is 12.2 Å². The molecule has 1 aromatic rings. The van der Waals surface area contributed by atoms with Crippen molar-refractivity contribution in [3.8, 4) is 0 Å². The number of fused-ring (bicyclic) bond motifs is 6. The van der Waals surface area contributed by atoms with Crippen LogP contribution in [0.3, 0.4) is 0 Å². The van der Waals surface area contributed by atoms with Gasteiger partial charge in [-0.15, -0.1) is 0 Å². The third-order valence-electron chi connectivity index (χ3n) is 10.4. The number of hydrazine groups is 1. The molecule has 17 nitrogen and oxygen atoms in total. The largest absolute Gasteiger partial charge is 0.450 e. The molecule has 8 N–H and O–H groups in total. The van der Waals surface area contributed by atoms with E-state index in [2.05, 4.69) is 26.7 Å². The summed E-state index contributed by atoms with van der Waals surface area (Å²) in [5, 5.41) is 45.7. The zero-order valence-electron chi connectivity index (χ0n) is 31.2. The number of carbonyl (C=O) groups is 6. The molecule has 0 aliphatic carbocycles. The lowest BCUT2D eigenvalue weighted by Gasteiger charge is -2.40. The standard InChI is InChI=1S/C36H53N7O10/c1-16(2)12-23-29(46)41-27(19(7)44)32(49)42-25(14-36(52)21-10-8-9-11-22(21)39-35(36)42)31(48)40-26(17(3)4)34(51)53-28(18(5)6)33(50)43-24(30(47)38-23)13-20(45)15-37-43/h8-11,16-20,23-28,35,37,39,44-45,52H,12-15H2,1-7H3,(H,38,47)(H,40,48)(H,41,46)/t19-,20+,23-,24+,25-,26+,27+,28-,35-,36+/m0/s1. The summed E-state index contributed by atoms with van der Waals surface area (Å²) in [5.41, 5.74) is 1.94. The Balaban J connectivity index is 1.61. The lowest BCUT2D eigenvalue weighted by Crippen LogP contribution is -2.67. The van der Waals surface area contributed by atoms with E-state index in [0.717, 1.165) is 9.91 Å². The average molecular weight is 744 g/mol. The number of aliphatic hydroxyl groups excluding tert-OH is 2. The Kier molecular flexibility index (Phi) is 11.7. The Morgan fingerprint density at radius 2 is 1.47 bits per heavy atom. The molecule has 4 heterocycles. The van der Waals surface area contributed by atoms with E-state index >= 15 is 0 Å². The third-order valence-corrected chi connectivity index (χ3v) is 10.4. The van der Waals surface area contributed by atoms with Gasteiger partial charge in [0.15, 0.2) is 6.10 Å². The van der Waals surface area contributed by atoms with E-state index in [0.29, 0.717) is 11.3 Å².